The molecule has 0 saturated carbocycles. The molecular formula is C23H22F2N6O3. The molecule has 176 valence electrons. The van der Waals surface area contributed by atoms with E-state index in [-0.39, 0.29) is 23.4 Å². The molecule has 0 spiro atoms. The quantitative estimate of drug-likeness (QED) is 0.593. The number of nitrogens with zero attached hydrogens (tertiary/aromatic N) is 4. The van der Waals surface area contributed by atoms with Crippen molar-refractivity contribution in [3.8, 4) is 5.75 Å². The summed E-state index contributed by atoms with van der Waals surface area (Å²) in [5.41, 5.74) is 1.44. The summed E-state index contributed by atoms with van der Waals surface area (Å²) >= 11 is 0. The minimum Gasteiger partial charge on any atom is -0.495 e. The number of carbonyl (C=O) groups excluding carboxylic acids is 2. The standard InChI is InChI=1S/C23H22F2N6O3/c1-26-20(32)14-9-10-16(18(11-14)34-3)28-22-27-12-17-19(29-22)31(15-7-5-4-6-8-15)13-23(24,25)21(33)30(17)2/h4-12H,13H2,1-3H3,(H,26,32)(H,27,28,29). The van der Waals surface area contributed by atoms with Crippen LogP contribution in [0, 0.1) is 0 Å². The number of halogens is 2. The number of benzene rings is 2. The van der Waals surface area contributed by atoms with Crippen LogP contribution < -0.4 is 25.2 Å². The highest BCUT2D eigenvalue weighted by molar-refractivity contribution is 6.02. The molecule has 0 fully saturated rings. The number of ether oxygens (including phenoxy) is 1. The van der Waals surface area contributed by atoms with Crippen LogP contribution in [0.4, 0.5) is 37.6 Å². The molecule has 2 aromatic carbocycles. The second-order valence-corrected chi connectivity index (χ2v) is 7.51. The lowest BCUT2D eigenvalue weighted by Gasteiger charge is -2.25. The Hall–Kier alpha value is -4.28. The number of hydrogen-bond acceptors (Lipinski definition) is 7. The zero-order valence-corrected chi connectivity index (χ0v) is 18.7. The predicted molar refractivity (Wildman–Crippen MR) is 124 cm³/mol. The molecule has 1 aliphatic heterocycles. The van der Waals surface area contributed by atoms with Gasteiger partial charge in [0.25, 0.3) is 11.8 Å². The zero-order valence-electron chi connectivity index (χ0n) is 18.7. The maximum absolute atomic E-state index is 14.7. The van der Waals surface area contributed by atoms with E-state index in [2.05, 4.69) is 20.6 Å². The topological polar surface area (TPSA) is 99.7 Å². The number of rotatable bonds is 5. The summed E-state index contributed by atoms with van der Waals surface area (Å²) in [5.74, 6) is -4.67. The summed E-state index contributed by atoms with van der Waals surface area (Å²) in [5, 5.41) is 5.54. The molecule has 1 aromatic heterocycles. The highest BCUT2D eigenvalue weighted by atomic mass is 19.3. The van der Waals surface area contributed by atoms with E-state index in [0.29, 0.717) is 22.7 Å². The predicted octanol–water partition coefficient (Wildman–Crippen LogP) is 3.34. The van der Waals surface area contributed by atoms with Crippen LogP contribution in [0.15, 0.2) is 54.7 Å². The first-order valence-corrected chi connectivity index (χ1v) is 10.3. The Labute approximate surface area is 194 Å². The Morgan fingerprint density at radius 2 is 1.91 bits per heavy atom. The van der Waals surface area contributed by atoms with Crippen LogP contribution in [0.5, 0.6) is 5.75 Å². The van der Waals surface area contributed by atoms with Gasteiger partial charge in [0.05, 0.1) is 25.5 Å². The number of nitrogens with one attached hydrogen (secondary N) is 2. The number of amides is 2. The fourth-order valence-electron chi connectivity index (χ4n) is 3.58. The number of methoxy groups -OCH3 is 1. The van der Waals surface area contributed by atoms with Crippen molar-refractivity contribution in [3.63, 3.8) is 0 Å². The van der Waals surface area contributed by atoms with Gasteiger partial charge in [-0.3, -0.25) is 9.59 Å². The van der Waals surface area contributed by atoms with Crippen molar-refractivity contribution in [1.82, 2.24) is 15.3 Å². The number of aromatic nitrogens is 2. The van der Waals surface area contributed by atoms with Gasteiger partial charge in [0.15, 0.2) is 5.82 Å². The van der Waals surface area contributed by atoms with Crippen LogP contribution in [0.1, 0.15) is 10.4 Å². The molecule has 0 saturated heterocycles. The van der Waals surface area contributed by atoms with Gasteiger partial charge in [-0.15, -0.1) is 0 Å². The van der Waals surface area contributed by atoms with Crippen LogP contribution in [-0.4, -0.2) is 55.5 Å². The van der Waals surface area contributed by atoms with E-state index in [4.69, 9.17) is 4.74 Å². The molecule has 34 heavy (non-hydrogen) atoms. The number of anilines is 5. The summed E-state index contributed by atoms with van der Waals surface area (Å²) in [6, 6.07) is 13.3. The van der Waals surface area contributed by atoms with Crippen LogP contribution in [0.2, 0.25) is 0 Å². The van der Waals surface area contributed by atoms with Gasteiger partial charge in [0, 0.05) is 25.3 Å². The van der Waals surface area contributed by atoms with E-state index in [1.165, 1.54) is 32.3 Å². The average molecular weight is 468 g/mol. The van der Waals surface area contributed by atoms with Crippen LogP contribution in [0.25, 0.3) is 0 Å². The highest BCUT2D eigenvalue weighted by Crippen LogP contribution is 2.40. The third-order valence-electron chi connectivity index (χ3n) is 5.35. The van der Waals surface area contributed by atoms with E-state index >= 15 is 0 Å². The normalized spacial score (nSPS) is 14.8. The van der Waals surface area contributed by atoms with Crippen molar-refractivity contribution in [2.24, 2.45) is 0 Å². The van der Waals surface area contributed by atoms with Crippen LogP contribution >= 0.6 is 0 Å². The largest absolute Gasteiger partial charge is 0.495 e. The molecule has 1 aliphatic rings. The Morgan fingerprint density at radius 3 is 2.59 bits per heavy atom. The Morgan fingerprint density at radius 1 is 1.18 bits per heavy atom. The van der Waals surface area contributed by atoms with Gasteiger partial charge in [-0.2, -0.15) is 13.8 Å². The first-order valence-electron chi connectivity index (χ1n) is 10.3. The van der Waals surface area contributed by atoms with Crippen molar-refractivity contribution in [3.05, 3.63) is 60.3 Å². The lowest BCUT2D eigenvalue weighted by Crippen LogP contribution is -2.45. The molecule has 4 rings (SSSR count). The zero-order chi connectivity index (χ0) is 24.5. The SMILES string of the molecule is CNC(=O)c1ccc(Nc2ncc3c(n2)N(c2ccccc2)CC(F)(F)C(=O)N3C)c(OC)c1. The minimum absolute atomic E-state index is 0.0942. The molecule has 2 amide bonds. The van der Waals surface area contributed by atoms with E-state index in [9.17, 15) is 18.4 Å². The first kappa shape index (κ1) is 22.9. The lowest BCUT2D eigenvalue weighted by atomic mass is 10.1. The lowest BCUT2D eigenvalue weighted by molar-refractivity contribution is -0.140. The van der Waals surface area contributed by atoms with E-state index in [1.807, 2.05) is 0 Å². The van der Waals surface area contributed by atoms with Crippen LogP contribution in [-0.2, 0) is 4.79 Å². The number of hydrogen-bond donors (Lipinski definition) is 2. The summed E-state index contributed by atoms with van der Waals surface area (Å²) in [6.07, 6.45) is 1.31. The fraction of sp³-hybridized carbons (Fsp3) is 0.217. The van der Waals surface area contributed by atoms with Crippen molar-refractivity contribution in [2.45, 2.75) is 5.92 Å². The third kappa shape index (κ3) is 4.19. The fourth-order valence-corrected chi connectivity index (χ4v) is 3.58. The summed E-state index contributed by atoms with van der Waals surface area (Å²) in [7, 11) is 4.24. The Balaban J connectivity index is 1.77. The first-order chi connectivity index (χ1) is 16.2. The molecule has 2 N–H and O–H groups in total. The van der Waals surface area contributed by atoms with Gasteiger partial charge in [-0.1, -0.05) is 18.2 Å². The van der Waals surface area contributed by atoms with Gasteiger partial charge in [-0.25, -0.2) is 4.98 Å². The van der Waals surface area contributed by atoms with Crippen LogP contribution in [0.3, 0.4) is 0 Å². The van der Waals surface area contributed by atoms with Crippen molar-refractivity contribution in [1.29, 1.82) is 0 Å². The highest BCUT2D eigenvalue weighted by Gasteiger charge is 2.47. The number of alkyl halides is 2. The second kappa shape index (κ2) is 8.93. The minimum atomic E-state index is -3.64. The Bertz CT molecular complexity index is 1240. The molecule has 0 aliphatic carbocycles. The maximum Gasteiger partial charge on any atom is 0.342 e. The summed E-state index contributed by atoms with van der Waals surface area (Å²) in [6.45, 7) is -0.881. The molecule has 2 heterocycles. The van der Waals surface area contributed by atoms with Gasteiger partial charge in [0.1, 0.15) is 11.4 Å². The Kier molecular flexibility index (Phi) is 6.01. The van der Waals surface area contributed by atoms with E-state index < -0.39 is 18.4 Å². The van der Waals surface area contributed by atoms with Gasteiger partial charge < -0.3 is 25.2 Å². The molecule has 9 nitrogen and oxygen atoms in total. The number of carbonyl (C=O) groups is 2. The molecule has 0 atom stereocenters. The monoisotopic (exact) mass is 468 g/mol. The number of fused-ring (bicyclic) bond motifs is 1. The molecule has 0 unspecified atom stereocenters. The number of para-hydroxylation sites is 1. The second-order valence-electron chi connectivity index (χ2n) is 7.51. The van der Waals surface area contributed by atoms with Gasteiger partial charge in [0.2, 0.25) is 5.95 Å². The molecular weight excluding hydrogens is 446 g/mol. The van der Waals surface area contributed by atoms with Crippen molar-refractivity contribution >= 4 is 40.6 Å². The van der Waals surface area contributed by atoms with Gasteiger partial charge >= 0.3 is 5.92 Å². The van der Waals surface area contributed by atoms with Crippen molar-refractivity contribution in [2.75, 3.05) is 42.9 Å². The summed E-state index contributed by atoms with van der Waals surface area (Å²) in [4.78, 5) is 35.2. The average Bonchev–Trinajstić information content (AvgIpc) is 2.93. The molecule has 0 radical (unpaired) electrons. The molecule has 3 aromatic rings. The maximum atomic E-state index is 14.7. The van der Waals surface area contributed by atoms with Gasteiger partial charge in [-0.05, 0) is 30.3 Å². The summed E-state index contributed by atoms with van der Waals surface area (Å²) < 4.78 is 34.9. The third-order valence-corrected chi connectivity index (χ3v) is 5.35. The van der Waals surface area contributed by atoms with E-state index in [0.717, 1.165) is 4.90 Å². The smallest absolute Gasteiger partial charge is 0.342 e. The molecule has 11 heteroatoms. The van der Waals surface area contributed by atoms with Crippen molar-refractivity contribution < 1.29 is 23.1 Å². The molecule has 0 bridgehead atoms. The van der Waals surface area contributed by atoms with E-state index in [1.54, 1.807) is 48.5 Å².